The van der Waals surface area contributed by atoms with Crippen molar-refractivity contribution in [2.75, 3.05) is 26.2 Å². The molecule has 6 nitrogen and oxygen atoms in total. The van der Waals surface area contributed by atoms with E-state index in [1.165, 1.54) is 0 Å². The summed E-state index contributed by atoms with van der Waals surface area (Å²) >= 11 is 5.78. The highest BCUT2D eigenvalue weighted by molar-refractivity contribution is 6.32. The molecular weight excluding hydrogens is 363 g/mol. The molecule has 1 aromatic rings. The lowest BCUT2D eigenvalue weighted by Crippen LogP contribution is -2.42. The summed E-state index contributed by atoms with van der Waals surface area (Å²) in [6.07, 6.45) is -0.506. The molecule has 0 radical (unpaired) electrons. The van der Waals surface area contributed by atoms with Crippen LogP contribution in [0.15, 0.2) is 12.3 Å². The van der Waals surface area contributed by atoms with E-state index in [1.807, 2.05) is 0 Å². The van der Waals surface area contributed by atoms with E-state index in [0.29, 0.717) is 13.1 Å². The molecule has 25 heavy (non-hydrogen) atoms. The SMILES string of the molecule is O=C(NCC(=O)N1CCCCC1)c1cnc(OCC(F)(F)F)c(Cl)c1. The predicted molar refractivity (Wildman–Crippen MR) is 83.6 cm³/mol. The number of carbonyl (C=O) groups excluding carboxylic acids is 2. The van der Waals surface area contributed by atoms with E-state index >= 15 is 0 Å². The third-order valence-electron chi connectivity index (χ3n) is 3.55. The molecule has 1 aromatic heterocycles. The van der Waals surface area contributed by atoms with Crippen LogP contribution in [0.2, 0.25) is 5.02 Å². The van der Waals surface area contributed by atoms with Gasteiger partial charge in [0.05, 0.1) is 12.1 Å². The zero-order valence-corrected chi connectivity index (χ0v) is 14.0. The monoisotopic (exact) mass is 379 g/mol. The van der Waals surface area contributed by atoms with Gasteiger partial charge in [-0.05, 0) is 25.3 Å². The molecule has 0 unspecified atom stereocenters. The zero-order chi connectivity index (χ0) is 18.4. The van der Waals surface area contributed by atoms with Gasteiger partial charge in [-0.2, -0.15) is 13.2 Å². The molecule has 1 N–H and O–H groups in total. The molecule has 2 amide bonds. The van der Waals surface area contributed by atoms with Gasteiger partial charge < -0.3 is 15.0 Å². The molecule has 1 saturated heterocycles. The minimum absolute atomic E-state index is 0.0239. The predicted octanol–water partition coefficient (Wildman–Crippen LogP) is 2.42. The van der Waals surface area contributed by atoms with Crippen LogP contribution in [-0.4, -0.2) is 54.1 Å². The summed E-state index contributed by atoms with van der Waals surface area (Å²) in [6, 6.07) is 1.14. The number of likely N-dealkylation sites (tertiary alicyclic amines) is 1. The number of nitrogens with zero attached hydrogens (tertiary/aromatic N) is 2. The number of piperidine rings is 1. The average Bonchev–Trinajstić information content (AvgIpc) is 2.58. The van der Waals surface area contributed by atoms with Gasteiger partial charge in [-0.15, -0.1) is 0 Å². The molecule has 10 heteroatoms. The second-order valence-electron chi connectivity index (χ2n) is 5.54. The summed E-state index contributed by atoms with van der Waals surface area (Å²) in [7, 11) is 0. The molecule has 2 rings (SSSR count). The van der Waals surface area contributed by atoms with E-state index in [9.17, 15) is 22.8 Å². The Morgan fingerprint density at radius 2 is 1.96 bits per heavy atom. The fourth-order valence-corrected chi connectivity index (χ4v) is 2.54. The number of amides is 2. The fraction of sp³-hybridized carbons (Fsp3) is 0.533. The highest BCUT2D eigenvalue weighted by Gasteiger charge is 2.29. The lowest BCUT2D eigenvalue weighted by molar-refractivity contribution is -0.154. The molecule has 0 saturated carbocycles. The van der Waals surface area contributed by atoms with Crippen LogP contribution in [0.4, 0.5) is 13.2 Å². The van der Waals surface area contributed by atoms with E-state index in [0.717, 1.165) is 31.5 Å². The van der Waals surface area contributed by atoms with Crippen LogP contribution >= 0.6 is 11.6 Å². The maximum Gasteiger partial charge on any atom is 0.422 e. The Bertz CT molecular complexity index is 634. The largest absolute Gasteiger partial charge is 0.467 e. The van der Waals surface area contributed by atoms with Gasteiger partial charge in [0.15, 0.2) is 6.61 Å². The second-order valence-corrected chi connectivity index (χ2v) is 5.95. The van der Waals surface area contributed by atoms with Gasteiger partial charge >= 0.3 is 6.18 Å². The minimum Gasteiger partial charge on any atom is -0.467 e. The van der Waals surface area contributed by atoms with E-state index in [-0.39, 0.29) is 23.0 Å². The Morgan fingerprint density at radius 1 is 1.28 bits per heavy atom. The fourth-order valence-electron chi connectivity index (χ4n) is 2.32. The van der Waals surface area contributed by atoms with Gasteiger partial charge in [0.25, 0.3) is 5.91 Å². The second kappa shape index (κ2) is 8.37. The lowest BCUT2D eigenvalue weighted by atomic mass is 10.1. The van der Waals surface area contributed by atoms with Crippen molar-refractivity contribution < 1.29 is 27.5 Å². The van der Waals surface area contributed by atoms with Crippen LogP contribution in [0, 0.1) is 0 Å². The Labute approximate surface area is 147 Å². The van der Waals surface area contributed by atoms with E-state index in [4.69, 9.17) is 11.6 Å². The maximum atomic E-state index is 12.1. The maximum absolute atomic E-state index is 12.1. The first-order valence-corrected chi connectivity index (χ1v) is 8.05. The number of pyridine rings is 1. The number of alkyl halides is 3. The van der Waals surface area contributed by atoms with Crippen LogP contribution in [0.25, 0.3) is 0 Å². The third-order valence-corrected chi connectivity index (χ3v) is 3.82. The van der Waals surface area contributed by atoms with Crippen LogP contribution in [-0.2, 0) is 4.79 Å². The van der Waals surface area contributed by atoms with Gasteiger partial charge in [0, 0.05) is 19.3 Å². The van der Waals surface area contributed by atoms with Crippen molar-refractivity contribution in [2.24, 2.45) is 0 Å². The summed E-state index contributed by atoms with van der Waals surface area (Å²) < 4.78 is 40.8. The number of hydrogen-bond donors (Lipinski definition) is 1. The lowest BCUT2D eigenvalue weighted by Gasteiger charge is -2.26. The average molecular weight is 380 g/mol. The van der Waals surface area contributed by atoms with Crippen molar-refractivity contribution >= 4 is 23.4 Å². The molecule has 0 bridgehead atoms. The molecule has 0 spiro atoms. The topological polar surface area (TPSA) is 71.5 Å². The summed E-state index contributed by atoms with van der Waals surface area (Å²) in [6.45, 7) is -0.348. The molecule has 0 atom stereocenters. The minimum atomic E-state index is -4.52. The molecule has 1 aliphatic rings. The number of nitrogens with one attached hydrogen (secondary N) is 1. The summed E-state index contributed by atoms with van der Waals surface area (Å²) in [5, 5.41) is 2.23. The molecule has 0 aliphatic carbocycles. The summed E-state index contributed by atoms with van der Waals surface area (Å²) in [4.78, 5) is 29.3. The van der Waals surface area contributed by atoms with Crippen LogP contribution in [0.1, 0.15) is 29.6 Å². The van der Waals surface area contributed by atoms with Crippen molar-refractivity contribution in [1.29, 1.82) is 0 Å². The van der Waals surface area contributed by atoms with E-state index in [1.54, 1.807) is 4.90 Å². The Morgan fingerprint density at radius 3 is 2.56 bits per heavy atom. The van der Waals surface area contributed by atoms with Crippen molar-refractivity contribution in [3.05, 3.63) is 22.8 Å². The smallest absolute Gasteiger partial charge is 0.422 e. The van der Waals surface area contributed by atoms with Gasteiger partial charge in [0.1, 0.15) is 5.02 Å². The van der Waals surface area contributed by atoms with E-state index < -0.39 is 24.6 Å². The van der Waals surface area contributed by atoms with Crippen molar-refractivity contribution in [3.8, 4) is 5.88 Å². The number of aromatic nitrogens is 1. The standard InChI is InChI=1S/C15H17ClF3N3O3/c16-11-6-10(7-21-14(11)25-9-15(17,18)19)13(24)20-8-12(23)22-4-2-1-3-5-22/h6-7H,1-5,8-9H2,(H,20,24). The highest BCUT2D eigenvalue weighted by Crippen LogP contribution is 2.24. The molecule has 2 heterocycles. The van der Waals surface area contributed by atoms with Gasteiger partial charge in [0.2, 0.25) is 11.8 Å². The molecular formula is C15H17ClF3N3O3. The first kappa shape index (κ1) is 19.3. The quantitative estimate of drug-likeness (QED) is 0.853. The van der Waals surface area contributed by atoms with Gasteiger partial charge in [-0.3, -0.25) is 9.59 Å². The summed E-state index contributed by atoms with van der Waals surface area (Å²) in [5.41, 5.74) is 0.0239. The number of ether oxygens (including phenoxy) is 1. The molecule has 0 aromatic carbocycles. The van der Waals surface area contributed by atoms with Crippen molar-refractivity contribution in [3.63, 3.8) is 0 Å². The number of carbonyl (C=O) groups is 2. The molecule has 1 aliphatic heterocycles. The highest BCUT2D eigenvalue weighted by atomic mass is 35.5. The van der Waals surface area contributed by atoms with Gasteiger partial charge in [-0.25, -0.2) is 4.98 Å². The molecule has 138 valence electrons. The summed E-state index contributed by atoms with van der Waals surface area (Å²) in [5.74, 6) is -1.20. The number of rotatable bonds is 5. The normalized spacial score (nSPS) is 15.0. The van der Waals surface area contributed by atoms with E-state index in [2.05, 4.69) is 15.0 Å². The number of halogens is 4. The first-order chi connectivity index (χ1) is 11.8. The van der Waals surface area contributed by atoms with Gasteiger partial charge in [-0.1, -0.05) is 11.6 Å². The number of hydrogen-bond acceptors (Lipinski definition) is 4. The Hall–Kier alpha value is -2.03. The molecule has 1 fully saturated rings. The zero-order valence-electron chi connectivity index (χ0n) is 13.2. The van der Waals surface area contributed by atoms with Crippen LogP contribution in [0.5, 0.6) is 5.88 Å². The third kappa shape index (κ3) is 6.08. The Kier molecular flexibility index (Phi) is 6.46. The first-order valence-electron chi connectivity index (χ1n) is 7.67. The van der Waals surface area contributed by atoms with Crippen molar-refractivity contribution in [1.82, 2.24) is 15.2 Å². The van der Waals surface area contributed by atoms with Crippen molar-refractivity contribution in [2.45, 2.75) is 25.4 Å². The Balaban J connectivity index is 1.88. The van der Waals surface area contributed by atoms with Crippen LogP contribution in [0.3, 0.4) is 0 Å². The van der Waals surface area contributed by atoms with Crippen LogP contribution < -0.4 is 10.1 Å².